The molecule has 0 fully saturated rings. The number of hydrogen-bond acceptors (Lipinski definition) is 6. The number of non-ortho nitro benzene ring substituents is 1. The molecule has 0 saturated heterocycles. The number of aromatic nitrogens is 4. The van der Waals surface area contributed by atoms with E-state index in [-0.39, 0.29) is 15.6 Å². The van der Waals surface area contributed by atoms with E-state index in [0.717, 1.165) is 0 Å². The molecule has 0 atom stereocenters. The number of aromatic amines is 1. The van der Waals surface area contributed by atoms with Crippen LogP contribution >= 0.6 is 23.8 Å². The molecule has 0 aliphatic carbocycles. The highest BCUT2D eigenvalue weighted by atomic mass is 35.5. The first-order valence-electron chi connectivity index (χ1n) is 5.71. The largest absolute Gasteiger partial charge is 0.330 e. The van der Waals surface area contributed by atoms with Crippen LogP contribution in [-0.4, -0.2) is 24.9 Å². The third-order valence-corrected chi connectivity index (χ3v) is 3.32. The molecule has 1 aromatic carbocycles. The topological polar surface area (TPSA) is 97.6 Å². The van der Waals surface area contributed by atoms with Crippen molar-refractivity contribution in [2.45, 2.75) is 0 Å². The van der Waals surface area contributed by atoms with Crippen LogP contribution in [0.1, 0.15) is 0 Å². The summed E-state index contributed by atoms with van der Waals surface area (Å²) in [7, 11) is 0. The maximum Gasteiger partial charge on any atom is 0.269 e. The number of nitro benzene ring substituents is 1. The molecule has 2 aromatic heterocycles. The summed E-state index contributed by atoms with van der Waals surface area (Å²) in [6, 6.07) is 6.00. The van der Waals surface area contributed by atoms with Gasteiger partial charge in [0, 0.05) is 12.1 Å². The van der Waals surface area contributed by atoms with E-state index in [1.807, 2.05) is 0 Å². The van der Waals surface area contributed by atoms with Gasteiger partial charge in [0.15, 0.2) is 10.4 Å². The zero-order valence-electron chi connectivity index (χ0n) is 10.3. The Balaban J connectivity index is 2.29. The molecule has 0 aliphatic rings. The van der Waals surface area contributed by atoms with Crippen molar-refractivity contribution in [3.8, 4) is 11.3 Å². The predicted molar refractivity (Wildman–Crippen MR) is 79.6 cm³/mol. The Hall–Kier alpha value is -2.45. The van der Waals surface area contributed by atoms with Crippen LogP contribution in [0.5, 0.6) is 0 Å². The van der Waals surface area contributed by atoms with Gasteiger partial charge in [0.05, 0.1) is 16.0 Å². The Labute approximate surface area is 127 Å². The van der Waals surface area contributed by atoms with E-state index in [0.29, 0.717) is 22.3 Å². The van der Waals surface area contributed by atoms with E-state index in [1.165, 1.54) is 18.5 Å². The van der Waals surface area contributed by atoms with E-state index in [4.69, 9.17) is 23.8 Å². The Kier molecular flexibility index (Phi) is 3.32. The van der Waals surface area contributed by atoms with E-state index in [9.17, 15) is 10.1 Å². The normalized spacial score (nSPS) is 10.7. The molecule has 7 nitrogen and oxygen atoms in total. The van der Waals surface area contributed by atoms with Gasteiger partial charge in [0.2, 0.25) is 0 Å². The molecule has 3 rings (SSSR count). The summed E-state index contributed by atoms with van der Waals surface area (Å²) < 4.78 is 0.241. The maximum atomic E-state index is 10.7. The van der Waals surface area contributed by atoms with Gasteiger partial charge in [-0.05, 0) is 29.9 Å². The Bertz CT molecular complexity index is 910. The van der Waals surface area contributed by atoms with Crippen molar-refractivity contribution in [3.05, 3.63) is 50.6 Å². The summed E-state index contributed by atoms with van der Waals surface area (Å²) in [4.78, 5) is 25.2. The quantitative estimate of drug-likeness (QED) is 0.337. The van der Waals surface area contributed by atoms with Crippen LogP contribution in [0.2, 0.25) is 5.15 Å². The number of rotatable bonds is 2. The van der Waals surface area contributed by atoms with Gasteiger partial charge in [-0.3, -0.25) is 10.1 Å². The second-order valence-corrected chi connectivity index (χ2v) is 4.83. The number of nitro groups is 1. The van der Waals surface area contributed by atoms with Gasteiger partial charge >= 0.3 is 0 Å². The number of nitrogens with zero attached hydrogens (tertiary/aromatic N) is 4. The summed E-state index contributed by atoms with van der Waals surface area (Å²) in [5, 5.41) is 11.4. The van der Waals surface area contributed by atoms with E-state index in [2.05, 4.69) is 19.9 Å². The molecular formula is C12H6ClN5O2S. The van der Waals surface area contributed by atoms with E-state index >= 15 is 0 Å². The first kappa shape index (κ1) is 13.5. The fraction of sp³-hybridized carbons (Fsp3) is 0. The Morgan fingerprint density at radius 3 is 2.62 bits per heavy atom. The molecule has 3 aromatic rings. The molecule has 9 heteroatoms. The highest BCUT2D eigenvalue weighted by molar-refractivity contribution is 7.71. The monoisotopic (exact) mass is 319 g/mol. The van der Waals surface area contributed by atoms with Crippen molar-refractivity contribution in [2.24, 2.45) is 0 Å². The van der Waals surface area contributed by atoms with Gasteiger partial charge in [-0.25, -0.2) is 9.97 Å². The van der Waals surface area contributed by atoms with E-state index in [1.54, 1.807) is 12.1 Å². The third kappa shape index (κ3) is 2.46. The van der Waals surface area contributed by atoms with Crippen LogP contribution in [0, 0.1) is 14.9 Å². The molecule has 0 unspecified atom stereocenters. The van der Waals surface area contributed by atoms with Crippen molar-refractivity contribution in [1.82, 2.24) is 19.9 Å². The lowest BCUT2D eigenvalue weighted by molar-refractivity contribution is -0.384. The van der Waals surface area contributed by atoms with Crippen LogP contribution < -0.4 is 0 Å². The SMILES string of the molecule is O=[N+]([O-])c1ccc(-c2[nH]c(=S)nc3ncnc(Cl)c23)cc1. The molecule has 0 aliphatic heterocycles. The van der Waals surface area contributed by atoms with Crippen LogP contribution in [0.3, 0.4) is 0 Å². The second kappa shape index (κ2) is 5.15. The van der Waals surface area contributed by atoms with Crippen LogP contribution in [0.4, 0.5) is 5.69 Å². The molecule has 0 radical (unpaired) electrons. The van der Waals surface area contributed by atoms with Crippen molar-refractivity contribution < 1.29 is 4.92 Å². The molecule has 104 valence electrons. The molecule has 0 amide bonds. The Morgan fingerprint density at radius 1 is 1.24 bits per heavy atom. The first-order valence-corrected chi connectivity index (χ1v) is 6.50. The third-order valence-electron chi connectivity index (χ3n) is 2.84. The summed E-state index contributed by atoms with van der Waals surface area (Å²) in [5.41, 5.74) is 1.62. The van der Waals surface area contributed by atoms with Crippen molar-refractivity contribution in [1.29, 1.82) is 0 Å². The molecule has 0 saturated carbocycles. The van der Waals surface area contributed by atoms with Crippen molar-refractivity contribution in [2.75, 3.05) is 0 Å². The summed E-state index contributed by atoms with van der Waals surface area (Å²) >= 11 is 11.2. The lowest BCUT2D eigenvalue weighted by Crippen LogP contribution is -1.95. The first-order chi connectivity index (χ1) is 10.1. The van der Waals surface area contributed by atoms with Gasteiger partial charge in [0.25, 0.3) is 5.69 Å². The smallest absolute Gasteiger partial charge is 0.269 e. The summed E-state index contributed by atoms with van der Waals surface area (Å²) in [5.74, 6) is 0. The van der Waals surface area contributed by atoms with Gasteiger partial charge < -0.3 is 4.98 Å². The molecular weight excluding hydrogens is 314 g/mol. The van der Waals surface area contributed by atoms with Crippen LogP contribution in [0.15, 0.2) is 30.6 Å². The van der Waals surface area contributed by atoms with Gasteiger partial charge in [-0.15, -0.1) is 0 Å². The highest BCUT2D eigenvalue weighted by Gasteiger charge is 2.13. The minimum atomic E-state index is -0.466. The minimum Gasteiger partial charge on any atom is -0.330 e. The molecule has 0 spiro atoms. The zero-order valence-corrected chi connectivity index (χ0v) is 11.9. The Morgan fingerprint density at radius 2 is 1.95 bits per heavy atom. The lowest BCUT2D eigenvalue weighted by Gasteiger charge is -2.06. The number of hydrogen-bond donors (Lipinski definition) is 1. The number of benzene rings is 1. The predicted octanol–water partition coefficient (Wildman–Crippen LogP) is 3.31. The van der Waals surface area contributed by atoms with Crippen LogP contribution in [0.25, 0.3) is 22.3 Å². The standard InChI is InChI=1S/C12H6ClN5O2S/c13-10-8-9(6-1-3-7(4-2-6)18(19)20)16-12(21)17-11(8)15-5-14-10/h1-5H,(H,14,15,16,17,21). The average Bonchev–Trinajstić information content (AvgIpc) is 2.46. The van der Waals surface area contributed by atoms with Crippen molar-refractivity contribution in [3.63, 3.8) is 0 Å². The number of fused-ring (bicyclic) bond motifs is 1. The molecule has 1 N–H and O–H groups in total. The summed E-state index contributed by atoms with van der Waals surface area (Å²) in [6.07, 6.45) is 1.30. The number of H-pyrrole nitrogens is 1. The maximum absolute atomic E-state index is 10.7. The van der Waals surface area contributed by atoms with Gasteiger partial charge in [-0.1, -0.05) is 11.6 Å². The summed E-state index contributed by atoms with van der Waals surface area (Å²) in [6.45, 7) is 0. The van der Waals surface area contributed by atoms with Crippen molar-refractivity contribution >= 4 is 40.5 Å². The van der Waals surface area contributed by atoms with Crippen LogP contribution in [-0.2, 0) is 0 Å². The van der Waals surface area contributed by atoms with Gasteiger partial charge in [-0.2, -0.15) is 4.98 Å². The number of nitrogens with one attached hydrogen (secondary N) is 1. The van der Waals surface area contributed by atoms with Gasteiger partial charge in [0.1, 0.15) is 11.5 Å². The minimum absolute atomic E-state index is 0.00180. The fourth-order valence-electron chi connectivity index (χ4n) is 1.92. The number of halogens is 1. The molecule has 0 bridgehead atoms. The fourth-order valence-corrected chi connectivity index (χ4v) is 2.33. The second-order valence-electron chi connectivity index (χ2n) is 4.08. The molecule has 2 heterocycles. The molecule has 21 heavy (non-hydrogen) atoms. The average molecular weight is 320 g/mol. The lowest BCUT2D eigenvalue weighted by atomic mass is 10.1. The van der Waals surface area contributed by atoms with E-state index < -0.39 is 4.92 Å². The zero-order chi connectivity index (χ0) is 15.0. The highest BCUT2D eigenvalue weighted by Crippen LogP contribution is 2.29.